The third kappa shape index (κ3) is 3.49. The number of rotatable bonds is 4. The fourth-order valence-electron chi connectivity index (χ4n) is 1.31. The van der Waals surface area contributed by atoms with Crippen molar-refractivity contribution in [3.63, 3.8) is 0 Å². The predicted octanol–water partition coefficient (Wildman–Crippen LogP) is 2.12. The summed E-state index contributed by atoms with van der Waals surface area (Å²) in [5.41, 5.74) is 0.294. The summed E-state index contributed by atoms with van der Waals surface area (Å²) in [6.45, 7) is 0. The summed E-state index contributed by atoms with van der Waals surface area (Å²) in [5.74, 6) is -1.36. The van der Waals surface area contributed by atoms with Crippen LogP contribution in [0.2, 0.25) is 5.02 Å². The van der Waals surface area contributed by atoms with Gasteiger partial charge >= 0.3 is 11.9 Å². The van der Waals surface area contributed by atoms with Crippen LogP contribution in [0.5, 0.6) is 0 Å². The van der Waals surface area contributed by atoms with Crippen molar-refractivity contribution in [1.29, 1.82) is 5.26 Å². The molecule has 0 fully saturated rings. The number of carbonyl (C=O) groups is 2. The highest BCUT2D eigenvalue weighted by Gasteiger charge is 2.14. The third-order valence-electron chi connectivity index (χ3n) is 2.30. The van der Waals surface area contributed by atoms with Gasteiger partial charge in [0.2, 0.25) is 0 Å². The number of esters is 2. The number of nitriles is 1. The summed E-state index contributed by atoms with van der Waals surface area (Å²) in [4.78, 5) is 22.7. The molecule has 7 heteroatoms. The van der Waals surface area contributed by atoms with Crippen LogP contribution in [0, 0.1) is 11.3 Å². The summed E-state index contributed by atoms with van der Waals surface area (Å²) in [5, 5.41) is 11.6. The van der Waals surface area contributed by atoms with Crippen LogP contribution < -0.4 is 5.32 Å². The standard InChI is InChI=1S/C13H11ClN2O4/c1-19-12(17)8(6-15)7-16-10-5-3-4-9(11(10)14)13(18)20-2/h3-5,7,16H,1-2H3. The van der Waals surface area contributed by atoms with Crippen molar-refractivity contribution in [2.24, 2.45) is 0 Å². The number of carbonyl (C=O) groups excluding carboxylic acids is 2. The van der Waals surface area contributed by atoms with Crippen LogP contribution in [0.15, 0.2) is 30.0 Å². The summed E-state index contributed by atoms with van der Waals surface area (Å²) in [7, 11) is 2.40. The molecule has 20 heavy (non-hydrogen) atoms. The van der Waals surface area contributed by atoms with Crippen molar-refractivity contribution in [2.75, 3.05) is 19.5 Å². The highest BCUT2D eigenvalue weighted by molar-refractivity contribution is 6.36. The van der Waals surface area contributed by atoms with Crippen LogP contribution in [-0.2, 0) is 14.3 Å². The zero-order valence-corrected chi connectivity index (χ0v) is 11.5. The molecule has 104 valence electrons. The van der Waals surface area contributed by atoms with Crippen molar-refractivity contribution in [3.8, 4) is 6.07 Å². The lowest BCUT2D eigenvalue weighted by atomic mass is 10.2. The Bertz CT molecular complexity index is 605. The van der Waals surface area contributed by atoms with Gasteiger partial charge in [0, 0.05) is 6.20 Å². The van der Waals surface area contributed by atoms with Gasteiger partial charge in [0.1, 0.15) is 6.07 Å². The van der Waals surface area contributed by atoms with E-state index in [9.17, 15) is 9.59 Å². The van der Waals surface area contributed by atoms with Gasteiger partial charge in [-0.3, -0.25) is 0 Å². The zero-order valence-electron chi connectivity index (χ0n) is 10.8. The van der Waals surface area contributed by atoms with Crippen molar-refractivity contribution >= 4 is 29.2 Å². The average molecular weight is 295 g/mol. The molecule has 0 aliphatic heterocycles. The summed E-state index contributed by atoms with van der Waals surface area (Å²) in [6.07, 6.45) is 1.15. The molecule has 0 bridgehead atoms. The van der Waals surface area contributed by atoms with Gasteiger partial charge in [-0.2, -0.15) is 5.26 Å². The van der Waals surface area contributed by atoms with Gasteiger partial charge in [0.25, 0.3) is 0 Å². The topological polar surface area (TPSA) is 88.4 Å². The van der Waals surface area contributed by atoms with Crippen LogP contribution in [0.25, 0.3) is 0 Å². The van der Waals surface area contributed by atoms with Gasteiger partial charge < -0.3 is 14.8 Å². The molecule has 0 saturated heterocycles. The Morgan fingerprint density at radius 1 is 1.35 bits per heavy atom. The number of halogens is 1. The molecule has 1 N–H and O–H groups in total. The van der Waals surface area contributed by atoms with E-state index in [0.29, 0.717) is 5.69 Å². The van der Waals surface area contributed by atoms with Gasteiger partial charge in [-0.05, 0) is 12.1 Å². The van der Waals surface area contributed by atoms with E-state index in [1.807, 2.05) is 0 Å². The first-order valence-electron chi connectivity index (χ1n) is 5.37. The SMILES string of the molecule is COC(=O)C(C#N)=CNc1cccc(C(=O)OC)c1Cl. The lowest BCUT2D eigenvalue weighted by Crippen LogP contribution is -2.06. The van der Waals surface area contributed by atoms with E-state index in [4.69, 9.17) is 16.9 Å². The van der Waals surface area contributed by atoms with E-state index in [-0.39, 0.29) is 16.2 Å². The predicted molar refractivity (Wildman–Crippen MR) is 72.1 cm³/mol. The van der Waals surface area contributed by atoms with Gasteiger partial charge in [-0.15, -0.1) is 0 Å². The fourth-order valence-corrected chi connectivity index (χ4v) is 1.57. The molecule has 0 radical (unpaired) electrons. The Kier molecular flexibility index (Phi) is 5.56. The van der Waals surface area contributed by atoms with Crippen LogP contribution in [0.4, 0.5) is 5.69 Å². The summed E-state index contributed by atoms with van der Waals surface area (Å²) >= 11 is 6.03. The second-order valence-corrected chi connectivity index (χ2v) is 3.84. The van der Waals surface area contributed by atoms with E-state index >= 15 is 0 Å². The summed E-state index contributed by atoms with van der Waals surface area (Å²) in [6, 6.07) is 6.34. The number of hydrogen-bond acceptors (Lipinski definition) is 6. The Morgan fingerprint density at radius 2 is 2.05 bits per heavy atom. The number of hydrogen-bond donors (Lipinski definition) is 1. The normalized spacial score (nSPS) is 10.4. The Labute approximate surface area is 120 Å². The molecule has 0 atom stereocenters. The molecule has 0 heterocycles. The van der Waals surface area contributed by atoms with Crippen molar-refractivity contribution in [3.05, 3.63) is 40.6 Å². The quantitative estimate of drug-likeness (QED) is 0.520. The molecule has 0 aromatic heterocycles. The fraction of sp³-hybridized carbons (Fsp3) is 0.154. The number of ether oxygens (including phenoxy) is 2. The van der Waals surface area contributed by atoms with Crippen molar-refractivity contribution in [2.45, 2.75) is 0 Å². The van der Waals surface area contributed by atoms with E-state index in [2.05, 4.69) is 14.8 Å². The molecule has 0 saturated carbocycles. The molecule has 0 unspecified atom stereocenters. The smallest absolute Gasteiger partial charge is 0.350 e. The number of nitrogens with one attached hydrogen (secondary N) is 1. The van der Waals surface area contributed by atoms with Crippen LogP contribution in [-0.4, -0.2) is 26.2 Å². The first-order valence-corrected chi connectivity index (χ1v) is 5.74. The highest BCUT2D eigenvalue weighted by atomic mass is 35.5. The van der Waals surface area contributed by atoms with E-state index in [0.717, 1.165) is 6.20 Å². The molecule has 0 aliphatic rings. The Balaban J connectivity index is 3.05. The zero-order chi connectivity index (χ0) is 15.1. The number of benzene rings is 1. The minimum Gasteiger partial charge on any atom is -0.465 e. The van der Waals surface area contributed by atoms with Gasteiger partial charge in [0.15, 0.2) is 5.57 Å². The van der Waals surface area contributed by atoms with E-state index < -0.39 is 11.9 Å². The van der Waals surface area contributed by atoms with Gasteiger partial charge in [-0.25, -0.2) is 9.59 Å². The number of nitrogens with zero attached hydrogens (tertiary/aromatic N) is 1. The molecular weight excluding hydrogens is 284 g/mol. The maximum absolute atomic E-state index is 11.5. The van der Waals surface area contributed by atoms with Gasteiger partial charge in [-0.1, -0.05) is 17.7 Å². The summed E-state index contributed by atoms with van der Waals surface area (Å²) < 4.78 is 9.01. The largest absolute Gasteiger partial charge is 0.465 e. The molecule has 6 nitrogen and oxygen atoms in total. The van der Waals surface area contributed by atoms with Crippen LogP contribution >= 0.6 is 11.6 Å². The minimum absolute atomic E-state index is 0.123. The van der Waals surface area contributed by atoms with Crippen molar-refractivity contribution in [1.82, 2.24) is 0 Å². The maximum Gasteiger partial charge on any atom is 0.350 e. The Morgan fingerprint density at radius 3 is 2.60 bits per heavy atom. The highest BCUT2D eigenvalue weighted by Crippen LogP contribution is 2.26. The molecule has 0 spiro atoms. The van der Waals surface area contributed by atoms with Crippen LogP contribution in [0.1, 0.15) is 10.4 Å². The monoisotopic (exact) mass is 294 g/mol. The second kappa shape index (κ2) is 7.16. The number of anilines is 1. The average Bonchev–Trinajstić information content (AvgIpc) is 2.48. The van der Waals surface area contributed by atoms with E-state index in [1.165, 1.54) is 20.3 Å². The first kappa shape index (κ1) is 15.5. The first-order chi connectivity index (χ1) is 9.54. The van der Waals surface area contributed by atoms with Gasteiger partial charge in [0.05, 0.1) is 30.5 Å². The molecule has 1 rings (SSSR count). The molecule has 1 aromatic rings. The Hall–Kier alpha value is -2.52. The van der Waals surface area contributed by atoms with Crippen molar-refractivity contribution < 1.29 is 19.1 Å². The molecule has 1 aromatic carbocycles. The lowest BCUT2D eigenvalue weighted by molar-refractivity contribution is -0.135. The van der Waals surface area contributed by atoms with E-state index in [1.54, 1.807) is 18.2 Å². The van der Waals surface area contributed by atoms with Crippen LogP contribution in [0.3, 0.4) is 0 Å². The molecular formula is C13H11ClN2O4. The molecule has 0 amide bonds. The third-order valence-corrected chi connectivity index (χ3v) is 2.71. The lowest BCUT2D eigenvalue weighted by Gasteiger charge is -2.08. The molecule has 0 aliphatic carbocycles. The second-order valence-electron chi connectivity index (χ2n) is 3.46. The maximum atomic E-state index is 11.5. The minimum atomic E-state index is -0.778. The number of methoxy groups -OCH3 is 2.